The Bertz CT molecular complexity index is 448. The van der Waals surface area contributed by atoms with Crippen LogP contribution in [0.4, 0.5) is 4.79 Å². The number of hydrogen-bond donors (Lipinski definition) is 0. The first-order valence-electron chi connectivity index (χ1n) is 6.31. The van der Waals surface area contributed by atoms with Crippen LogP contribution in [-0.4, -0.2) is 22.2 Å². The van der Waals surface area contributed by atoms with E-state index in [4.69, 9.17) is 0 Å². The molecule has 0 radical (unpaired) electrons. The van der Waals surface area contributed by atoms with E-state index in [9.17, 15) is 4.79 Å². The van der Waals surface area contributed by atoms with E-state index >= 15 is 0 Å². The molecule has 1 aromatic rings. The zero-order chi connectivity index (χ0) is 13.2. The van der Waals surface area contributed by atoms with Crippen molar-refractivity contribution in [3.8, 4) is 0 Å². The lowest BCUT2D eigenvalue weighted by Gasteiger charge is -2.31. The average molecular weight is 281 g/mol. The normalized spacial score (nSPS) is 20.9. The first kappa shape index (κ1) is 13.7. The number of thioether (sulfide) groups is 1. The summed E-state index contributed by atoms with van der Waals surface area (Å²) in [5.74, 6) is 0. The molecule has 0 N–H and O–H groups in total. The second kappa shape index (κ2) is 5.49. The monoisotopic (exact) mass is 281 g/mol. The summed E-state index contributed by atoms with van der Waals surface area (Å²) in [7, 11) is 0. The molecule has 1 fully saturated rings. The average Bonchev–Trinajstić information content (AvgIpc) is 2.87. The highest BCUT2D eigenvalue weighted by Crippen LogP contribution is 2.44. The number of thiophene rings is 1. The van der Waals surface area contributed by atoms with Crippen LogP contribution in [0.25, 0.3) is 6.08 Å². The SMILES string of the molecule is CCCCN1C(=O)S/C(=C\c2cccs2)C1(C)C. The van der Waals surface area contributed by atoms with Crippen LogP contribution in [0.15, 0.2) is 22.4 Å². The summed E-state index contributed by atoms with van der Waals surface area (Å²) in [5.41, 5.74) is -0.166. The molecule has 0 aromatic carbocycles. The molecular weight excluding hydrogens is 262 g/mol. The fraction of sp³-hybridized carbons (Fsp3) is 0.500. The van der Waals surface area contributed by atoms with Gasteiger partial charge < -0.3 is 4.90 Å². The summed E-state index contributed by atoms with van der Waals surface area (Å²) in [4.78, 5) is 16.5. The number of hydrogen-bond acceptors (Lipinski definition) is 3. The number of carbonyl (C=O) groups is 1. The molecule has 2 nitrogen and oxygen atoms in total. The Balaban J connectivity index is 2.22. The van der Waals surface area contributed by atoms with Crippen LogP contribution in [0, 0.1) is 0 Å². The smallest absolute Gasteiger partial charge is 0.286 e. The van der Waals surface area contributed by atoms with Crippen molar-refractivity contribution in [1.82, 2.24) is 4.90 Å². The Morgan fingerprint density at radius 3 is 2.83 bits per heavy atom. The topological polar surface area (TPSA) is 20.3 Å². The quantitative estimate of drug-likeness (QED) is 0.787. The van der Waals surface area contributed by atoms with Crippen molar-refractivity contribution in [1.29, 1.82) is 0 Å². The van der Waals surface area contributed by atoms with Crippen molar-refractivity contribution in [3.05, 3.63) is 27.3 Å². The summed E-state index contributed by atoms with van der Waals surface area (Å²) >= 11 is 3.10. The van der Waals surface area contributed by atoms with Crippen molar-refractivity contribution in [2.75, 3.05) is 6.54 Å². The largest absolute Gasteiger partial charge is 0.324 e. The second-order valence-electron chi connectivity index (χ2n) is 4.96. The van der Waals surface area contributed by atoms with Gasteiger partial charge in [0.2, 0.25) is 0 Å². The summed E-state index contributed by atoms with van der Waals surface area (Å²) in [6.45, 7) is 7.29. The highest BCUT2D eigenvalue weighted by atomic mass is 32.2. The Morgan fingerprint density at radius 2 is 2.22 bits per heavy atom. The molecule has 4 heteroatoms. The fourth-order valence-electron chi connectivity index (χ4n) is 2.03. The minimum Gasteiger partial charge on any atom is -0.324 e. The molecule has 0 atom stereocenters. The van der Waals surface area contributed by atoms with Gasteiger partial charge in [0.05, 0.1) is 5.54 Å². The van der Waals surface area contributed by atoms with Gasteiger partial charge in [0.1, 0.15) is 0 Å². The zero-order valence-electron chi connectivity index (χ0n) is 11.1. The summed E-state index contributed by atoms with van der Waals surface area (Å²) in [5, 5.41) is 2.26. The molecule has 98 valence electrons. The number of carbonyl (C=O) groups excluding carboxylic acids is 1. The molecule has 0 saturated carbocycles. The molecule has 0 spiro atoms. The third-order valence-electron chi connectivity index (χ3n) is 3.25. The first-order valence-corrected chi connectivity index (χ1v) is 8.00. The lowest BCUT2D eigenvalue weighted by atomic mass is 10.0. The molecule has 1 amide bonds. The van der Waals surface area contributed by atoms with Crippen molar-refractivity contribution < 1.29 is 4.79 Å². The summed E-state index contributed by atoms with van der Waals surface area (Å²) in [6.07, 6.45) is 4.34. The van der Waals surface area contributed by atoms with Gasteiger partial charge in [0, 0.05) is 16.3 Å². The third kappa shape index (κ3) is 2.64. The van der Waals surface area contributed by atoms with Crippen molar-refractivity contribution in [3.63, 3.8) is 0 Å². The van der Waals surface area contributed by atoms with Crippen LogP contribution in [0.5, 0.6) is 0 Å². The van der Waals surface area contributed by atoms with Gasteiger partial charge in [0.25, 0.3) is 5.24 Å². The minimum atomic E-state index is -0.166. The van der Waals surface area contributed by atoms with Gasteiger partial charge in [-0.2, -0.15) is 0 Å². The highest BCUT2D eigenvalue weighted by Gasteiger charge is 2.42. The van der Waals surface area contributed by atoms with E-state index in [2.05, 4.69) is 38.3 Å². The van der Waals surface area contributed by atoms with Gasteiger partial charge in [-0.25, -0.2) is 0 Å². The molecule has 1 aromatic heterocycles. The molecular formula is C14H19NOS2. The van der Waals surface area contributed by atoms with E-state index in [1.807, 2.05) is 11.0 Å². The van der Waals surface area contributed by atoms with Gasteiger partial charge in [-0.15, -0.1) is 11.3 Å². The maximum absolute atomic E-state index is 12.1. The van der Waals surface area contributed by atoms with Crippen molar-refractivity contribution in [2.24, 2.45) is 0 Å². The van der Waals surface area contributed by atoms with E-state index in [0.717, 1.165) is 24.3 Å². The molecule has 2 heterocycles. The van der Waals surface area contributed by atoms with Gasteiger partial charge >= 0.3 is 0 Å². The Morgan fingerprint density at radius 1 is 1.44 bits per heavy atom. The van der Waals surface area contributed by atoms with E-state index in [1.54, 1.807) is 11.3 Å². The molecule has 1 aliphatic rings. The van der Waals surface area contributed by atoms with E-state index < -0.39 is 0 Å². The molecule has 0 bridgehead atoms. The van der Waals surface area contributed by atoms with Crippen molar-refractivity contribution in [2.45, 2.75) is 39.2 Å². The standard InChI is InChI=1S/C14H19NOS2/c1-4-5-8-15-13(16)18-12(14(15,2)3)10-11-7-6-9-17-11/h6-7,9-10H,4-5,8H2,1-3H3/b12-10-. The molecule has 1 aliphatic heterocycles. The summed E-state index contributed by atoms with van der Waals surface area (Å²) in [6, 6.07) is 4.13. The third-order valence-corrected chi connectivity index (χ3v) is 5.30. The molecule has 1 saturated heterocycles. The highest BCUT2D eigenvalue weighted by molar-refractivity contribution is 8.17. The predicted octanol–water partition coefficient (Wildman–Crippen LogP) is 4.84. The van der Waals surface area contributed by atoms with Gasteiger partial charge in [-0.1, -0.05) is 19.4 Å². The van der Waals surface area contributed by atoms with Crippen LogP contribution in [0.1, 0.15) is 38.5 Å². The maximum Gasteiger partial charge on any atom is 0.286 e. The molecule has 0 unspecified atom stereocenters. The minimum absolute atomic E-state index is 0.166. The molecule has 18 heavy (non-hydrogen) atoms. The molecule has 2 rings (SSSR count). The Labute approximate surface area is 117 Å². The Hall–Kier alpha value is -0.740. The van der Waals surface area contributed by atoms with Crippen LogP contribution in [0.2, 0.25) is 0 Å². The Kier molecular flexibility index (Phi) is 4.17. The zero-order valence-corrected chi connectivity index (χ0v) is 12.7. The van der Waals surface area contributed by atoms with Gasteiger partial charge in [0.15, 0.2) is 0 Å². The number of nitrogens with zero attached hydrogens (tertiary/aromatic N) is 1. The van der Waals surface area contributed by atoms with E-state index in [-0.39, 0.29) is 10.8 Å². The second-order valence-corrected chi connectivity index (χ2v) is 6.93. The van der Waals surface area contributed by atoms with Crippen molar-refractivity contribution >= 4 is 34.4 Å². The molecule has 0 aliphatic carbocycles. The fourth-order valence-corrected chi connectivity index (χ4v) is 3.93. The first-order chi connectivity index (χ1) is 8.55. The summed E-state index contributed by atoms with van der Waals surface area (Å²) < 4.78 is 0. The number of unbranched alkanes of at least 4 members (excludes halogenated alkanes) is 1. The lowest BCUT2D eigenvalue weighted by Crippen LogP contribution is -2.41. The predicted molar refractivity (Wildman–Crippen MR) is 81.0 cm³/mol. The van der Waals surface area contributed by atoms with Crippen LogP contribution >= 0.6 is 23.1 Å². The van der Waals surface area contributed by atoms with E-state index in [1.165, 1.54) is 16.6 Å². The van der Waals surface area contributed by atoms with Crippen LogP contribution in [0.3, 0.4) is 0 Å². The van der Waals surface area contributed by atoms with Gasteiger partial charge in [-0.3, -0.25) is 4.79 Å². The number of amides is 1. The van der Waals surface area contributed by atoms with Crippen LogP contribution in [-0.2, 0) is 0 Å². The maximum atomic E-state index is 12.1. The lowest BCUT2D eigenvalue weighted by molar-refractivity contribution is 0.186. The number of rotatable bonds is 4. The van der Waals surface area contributed by atoms with Crippen LogP contribution < -0.4 is 0 Å². The van der Waals surface area contributed by atoms with Gasteiger partial charge in [-0.05, 0) is 49.6 Å². The van der Waals surface area contributed by atoms with E-state index in [0.29, 0.717) is 0 Å².